The molecule has 18 heavy (non-hydrogen) atoms. The van der Waals surface area contributed by atoms with Gasteiger partial charge in [-0.1, -0.05) is 6.92 Å². The maximum absolute atomic E-state index is 11.7. The van der Waals surface area contributed by atoms with Crippen LogP contribution in [-0.4, -0.2) is 36.9 Å². The number of anilines is 1. The molecule has 0 aliphatic carbocycles. The highest BCUT2D eigenvalue weighted by Crippen LogP contribution is 2.18. The Morgan fingerprint density at radius 1 is 1.50 bits per heavy atom. The molecular weight excluding hydrogens is 234 g/mol. The number of hydrogen-bond acceptors (Lipinski definition) is 5. The molecule has 2 N–H and O–H groups in total. The van der Waals surface area contributed by atoms with E-state index in [1.165, 1.54) is 4.57 Å². The van der Waals surface area contributed by atoms with Crippen molar-refractivity contribution in [1.82, 2.24) is 19.1 Å². The van der Waals surface area contributed by atoms with Crippen LogP contribution in [0.1, 0.15) is 13.3 Å². The fraction of sp³-hybridized carbons (Fsp3) is 0.545. The summed E-state index contributed by atoms with van der Waals surface area (Å²) in [6, 6.07) is -0.122. The molecule has 2 aromatic rings. The summed E-state index contributed by atoms with van der Waals surface area (Å²) in [5.41, 5.74) is 0.966. The van der Waals surface area contributed by atoms with Gasteiger partial charge in [-0.2, -0.15) is 4.98 Å². The van der Waals surface area contributed by atoms with Gasteiger partial charge in [0.15, 0.2) is 11.5 Å². The second-order valence-corrected chi connectivity index (χ2v) is 4.26. The molecule has 1 atom stereocenters. The standard InChI is InChI=1S/C11H17N5O2/c1-4-7(5-17)13-9-8-10(12-6-15(8)2)16(3)11(18)14-9/h6-7,17H,4-5H2,1-3H3,(H,13,14,18). The molecular formula is C11H17N5O2. The number of hydrogen-bond donors (Lipinski definition) is 2. The molecule has 0 saturated heterocycles. The van der Waals surface area contributed by atoms with Gasteiger partial charge < -0.3 is 15.0 Å². The van der Waals surface area contributed by atoms with Gasteiger partial charge in [-0.3, -0.25) is 4.57 Å². The third-order valence-corrected chi connectivity index (χ3v) is 3.01. The molecule has 0 saturated carbocycles. The van der Waals surface area contributed by atoms with Crippen LogP contribution < -0.4 is 11.0 Å². The minimum atomic E-state index is -0.364. The molecule has 98 valence electrons. The Labute approximate surface area is 104 Å². The summed E-state index contributed by atoms with van der Waals surface area (Å²) in [4.78, 5) is 19.9. The SMILES string of the molecule is CCC(CO)Nc1nc(=O)n(C)c2ncn(C)c12. The Hall–Kier alpha value is -1.89. The van der Waals surface area contributed by atoms with Crippen molar-refractivity contribution in [1.29, 1.82) is 0 Å². The number of nitrogens with one attached hydrogen (secondary N) is 1. The zero-order chi connectivity index (χ0) is 13.3. The Kier molecular flexibility index (Phi) is 3.33. The van der Waals surface area contributed by atoms with Crippen molar-refractivity contribution in [3.8, 4) is 0 Å². The zero-order valence-electron chi connectivity index (χ0n) is 10.7. The van der Waals surface area contributed by atoms with E-state index in [0.29, 0.717) is 11.5 Å². The van der Waals surface area contributed by atoms with Crippen LogP contribution >= 0.6 is 0 Å². The predicted molar refractivity (Wildman–Crippen MR) is 68.5 cm³/mol. The zero-order valence-corrected chi connectivity index (χ0v) is 10.7. The first-order valence-corrected chi connectivity index (χ1v) is 5.84. The summed E-state index contributed by atoms with van der Waals surface area (Å²) in [6.07, 6.45) is 2.38. The molecule has 0 spiro atoms. The normalized spacial score (nSPS) is 12.9. The van der Waals surface area contributed by atoms with Gasteiger partial charge in [0.2, 0.25) is 0 Å². The van der Waals surface area contributed by atoms with Crippen molar-refractivity contribution in [2.75, 3.05) is 11.9 Å². The highest BCUT2D eigenvalue weighted by molar-refractivity contribution is 5.83. The fourth-order valence-corrected chi connectivity index (χ4v) is 1.82. The number of nitrogens with zero attached hydrogens (tertiary/aromatic N) is 4. The monoisotopic (exact) mass is 251 g/mol. The van der Waals surface area contributed by atoms with Crippen molar-refractivity contribution < 1.29 is 5.11 Å². The van der Waals surface area contributed by atoms with Gasteiger partial charge in [-0.05, 0) is 6.42 Å². The number of rotatable bonds is 4. The number of fused-ring (bicyclic) bond motifs is 1. The van der Waals surface area contributed by atoms with Crippen LogP contribution in [0.4, 0.5) is 5.82 Å². The van der Waals surface area contributed by atoms with Crippen molar-refractivity contribution in [3.63, 3.8) is 0 Å². The molecule has 7 heteroatoms. The van der Waals surface area contributed by atoms with E-state index in [-0.39, 0.29) is 18.3 Å². The third kappa shape index (κ3) is 1.97. The summed E-state index contributed by atoms with van der Waals surface area (Å²) >= 11 is 0. The molecule has 0 radical (unpaired) electrons. The number of aliphatic hydroxyl groups excluding tert-OH is 1. The number of imidazole rings is 1. The smallest absolute Gasteiger partial charge is 0.351 e. The molecule has 2 heterocycles. The van der Waals surface area contributed by atoms with E-state index >= 15 is 0 Å². The Bertz CT molecular complexity index is 612. The first kappa shape index (κ1) is 12.6. The Balaban J connectivity index is 2.59. The highest BCUT2D eigenvalue weighted by Gasteiger charge is 2.15. The minimum absolute atomic E-state index is 0.00721. The Morgan fingerprint density at radius 3 is 2.83 bits per heavy atom. The number of aromatic nitrogens is 4. The molecule has 0 fully saturated rings. The molecule has 0 aliphatic heterocycles. The second-order valence-electron chi connectivity index (χ2n) is 4.26. The van der Waals surface area contributed by atoms with E-state index in [4.69, 9.17) is 0 Å². The minimum Gasteiger partial charge on any atom is -0.394 e. The topological polar surface area (TPSA) is 85.0 Å². The van der Waals surface area contributed by atoms with Crippen LogP contribution in [0.2, 0.25) is 0 Å². The lowest BCUT2D eigenvalue weighted by Crippen LogP contribution is -2.28. The molecule has 0 aliphatic rings. The second kappa shape index (κ2) is 4.77. The first-order chi connectivity index (χ1) is 8.58. The average molecular weight is 251 g/mol. The van der Waals surface area contributed by atoms with Gasteiger partial charge in [0, 0.05) is 14.1 Å². The molecule has 2 rings (SSSR count). The molecule has 1 unspecified atom stereocenters. The van der Waals surface area contributed by atoms with Gasteiger partial charge >= 0.3 is 5.69 Å². The van der Waals surface area contributed by atoms with E-state index in [1.54, 1.807) is 17.9 Å². The summed E-state index contributed by atoms with van der Waals surface area (Å²) in [7, 11) is 3.48. The van der Waals surface area contributed by atoms with Crippen LogP contribution in [0, 0.1) is 0 Å². The van der Waals surface area contributed by atoms with E-state index in [9.17, 15) is 9.90 Å². The average Bonchev–Trinajstić information content (AvgIpc) is 2.75. The van der Waals surface area contributed by atoms with Crippen molar-refractivity contribution in [2.45, 2.75) is 19.4 Å². The molecule has 0 amide bonds. The maximum atomic E-state index is 11.7. The quantitative estimate of drug-likeness (QED) is 0.789. The summed E-state index contributed by atoms with van der Waals surface area (Å²) in [5, 5.41) is 12.3. The summed E-state index contributed by atoms with van der Waals surface area (Å²) < 4.78 is 3.20. The summed E-state index contributed by atoms with van der Waals surface area (Å²) in [5.74, 6) is 0.467. The maximum Gasteiger partial charge on any atom is 0.351 e. The molecule has 2 aromatic heterocycles. The van der Waals surface area contributed by atoms with Crippen LogP contribution in [0.15, 0.2) is 11.1 Å². The van der Waals surface area contributed by atoms with Crippen molar-refractivity contribution >= 4 is 17.0 Å². The van der Waals surface area contributed by atoms with Crippen molar-refractivity contribution in [3.05, 3.63) is 16.8 Å². The van der Waals surface area contributed by atoms with Gasteiger partial charge in [-0.25, -0.2) is 9.78 Å². The Morgan fingerprint density at radius 2 is 2.22 bits per heavy atom. The fourth-order valence-electron chi connectivity index (χ4n) is 1.82. The van der Waals surface area contributed by atoms with E-state index in [1.807, 2.05) is 14.0 Å². The highest BCUT2D eigenvalue weighted by atomic mass is 16.3. The van der Waals surface area contributed by atoms with E-state index < -0.39 is 0 Å². The van der Waals surface area contributed by atoms with Gasteiger partial charge in [0.05, 0.1) is 19.0 Å². The van der Waals surface area contributed by atoms with Gasteiger partial charge in [0.25, 0.3) is 0 Å². The van der Waals surface area contributed by atoms with Crippen LogP contribution in [0.25, 0.3) is 11.2 Å². The molecule has 0 aromatic carbocycles. The number of aryl methyl sites for hydroxylation is 2. The van der Waals surface area contributed by atoms with Crippen LogP contribution in [0.5, 0.6) is 0 Å². The number of aliphatic hydroxyl groups is 1. The van der Waals surface area contributed by atoms with Gasteiger partial charge in [0.1, 0.15) is 5.52 Å². The van der Waals surface area contributed by atoms with Crippen LogP contribution in [-0.2, 0) is 14.1 Å². The van der Waals surface area contributed by atoms with Crippen LogP contribution in [0.3, 0.4) is 0 Å². The predicted octanol–water partition coefficient (Wildman–Crippen LogP) is -0.150. The lowest BCUT2D eigenvalue weighted by Gasteiger charge is -2.15. The molecule has 7 nitrogen and oxygen atoms in total. The largest absolute Gasteiger partial charge is 0.394 e. The van der Waals surface area contributed by atoms with E-state index in [2.05, 4.69) is 15.3 Å². The first-order valence-electron chi connectivity index (χ1n) is 5.84. The summed E-state index contributed by atoms with van der Waals surface area (Å²) in [6.45, 7) is 1.95. The van der Waals surface area contributed by atoms with Crippen molar-refractivity contribution in [2.24, 2.45) is 14.1 Å². The third-order valence-electron chi connectivity index (χ3n) is 3.01. The van der Waals surface area contributed by atoms with Gasteiger partial charge in [-0.15, -0.1) is 0 Å². The lowest BCUT2D eigenvalue weighted by atomic mass is 10.2. The molecule has 0 bridgehead atoms. The lowest BCUT2D eigenvalue weighted by molar-refractivity contribution is 0.271. The van der Waals surface area contributed by atoms with E-state index in [0.717, 1.165) is 11.9 Å².